The van der Waals surface area contributed by atoms with Gasteiger partial charge in [0, 0.05) is 5.56 Å². The van der Waals surface area contributed by atoms with Crippen LogP contribution in [0.1, 0.15) is 5.56 Å². The van der Waals surface area contributed by atoms with Gasteiger partial charge in [0.25, 0.3) is 0 Å². The van der Waals surface area contributed by atoms with E-state index < -0.39 is 6.17 Å². The Bertz CT molecular complexity index is 374. The summed E-state index contributed by atoms with van der Waals surface area (Å²) >= 11 is 0. The molecule has 1 aromatic rings. The van der Waals surface area contributed by atoms with Gasteiger partial charge in [-0.15, -0.1) is 10.2 Å². The summed E-state index contributed by atoms with van der Waals surface area (Å²) < 4.78 is 0. The van der Waals surface area contributed by atoms with Crippen LogP contribution in [0.15, 0.2) is 40.5 Å². The van der Waals surface area contributed by atoms with Gasteiger partial charge in [-0.1, -0.05) is 30.3 Å². The summed E-state index contributed by atoms with van der Waals surface area (Å²) in [5, 5.41) is 17.6. The van der Waals surface area contributed by atoms with Crippen molar-refractivity contribution >= 4 is 12.1 Å². The molecule has 5 heteroatoms. The van der Waals surface area contributed by atoms with Crippen molar-refractivity contribution in [3.8, 4) is 0 Å². The van der Waals surface area contributed by atoms with E-state index in [2.05, 4.69) is 10.2 Å². The highest BCUT2D eigenvalue weighted by molar-refractivity contribution is 6.05. The third-order valence-corrected chi connectivity index (χ3v) is 1.97. The second-order valence-electron chi connectivity index (χ2n) is 2.91. The summed E-state index contributed by atoms with van der Waals surface area (Å²) in [6.45, 7) is 0. The van der Waals surface area contributed by atoms with Crippen molar-refractivity contribution in [3.05, 3.63) is 35.9 Å². The molecule has 1 aliphatic heterocycles. The second-order valence-corrected chi connectivity index (χ2v) is 2.91. The number of nitrogens with zero attached hydrogens (tertiary/aromatic N) is 3. The van der Waals surface area contributed by atoms with Crippen LogP contribution >= 0.6 is 0 Å². The van der Waals surface area contributed by atoms with Crippen LogP contribution in [0.2, 0.25) is 0 Å². The molecule has 0 saturated heterocycles. The number of hydrogen-bond donors (Lipinski definition) is 2. The predicted molar refractivity (Wildman–Crippen MR) is 53.1 cm³/mol. The molecule has 0 fully saturated rings. The molecule has 0 aromatic heterocycles. The molecule has 5 nitrogen and oxygen atoms in total. The topological polar surface area (TPSA) is 74.2 Å². The first-order valence-corrected chi connectivity index (χ1v) is 4.18. The highest BCUT2D eigenvalue weighted by Gasteiger charge is 2.20. The van der Waals surface area contributed by atoms with Crippen LogP contribution in [0, 0.1) is 0 Å². The molecular weight excluding hydrogens is 180 g/mol. The summed E-state index contributed by atoms with van der Waals surface area (Å²) in [6, 6.07) is 9.40. The molecule has 72 valence electrons. The maximum absolute atomic E-state index is 9.29. The van der Waals surface area contributed by atoms with Gasteiger partial charge in [0.15, 0.2) is 0 Å². The third kappa shape index (κ3) is 1.50. The van der Waals surface area contributed by atoms with E-state index in [1.807, 2.05) is 30.3 Å². The van der Waals surface area contributed by atoms with Crippen molar-refractivity contribution in [2.24, 2.45) is 15.9 Å². The van der Waals surface area contributed by atoms with Crippen molar-refractivity contribution in [2.45, 2.75) is 6.17 Å². The van der Waals surface area contributed by atoms with Gasteiger partial charge in [-0.25, -0.2) is 5.06 Å². The normalized spacial score (nSPS) is 20.9. The molecule has 1 heterocycles. The van der Waals surface area contributed by atoms with Gasteiger partial charge < -0.3 is 5.73 Å². The first kappa shape index (κ1) is 8.86. The van der Waals surface area contributed by atoms with E-state index in [4.69, 9.17) is 5.73 Å². The Morgan fingerprint density at radius 3 is 2.71 bits per heavy atom. The van der Waals surface area contributed by atoms with Crippen LogP contribution in [0.4, 0.5) is 0 Å². The van der Waals surface area contributed by atoms with Gasteiger partial charge in [0.1, 0.15) is 18.2 Å². The van der Waals surface area contributed by atoms with Crippen molar-refractivity contribution in [3.63, 3.8) is 0 Å². The van der Waals surface area contributed by atoms with E-state index >= 15 is 0 Å². The van der Waals surface area contributed by atoms with Gasteiger partial charge >= 0.3 is 0 Å². The van der Waals surface area contributed by atoms with E-state index in [1.165, 1.54) is 6.34 Å². The summed E-state index contributed by atoms with van der Waals surface area (Å²) in [4.78, 5) is 0. The van der Waals surface area contributed by atoms with Crippen LogP contribution in [-0.2, 0) is 0 Å². The highest BCUT2D eigenvalue weighted by atomic mass is 16.5. The minimum Gasteiger partial charge on any atom is -0.304 e. The third-order valence-electron chi connectivity index (χ3n) is 1.97. The number of rotatable bonds is 1. The molecule has 1 atom stereocenters. The zero-order valence-corrected chi connectivity index (χ0v) is 7.41. The molecule has 0 aliphatic carbocycles. The lowest BCUT2D eigenvalue weighted by Crippen LogP contribution is -2.47. The Morgan fingerprint density at radius 1 is 1.29 bits per heavy atom. The molecule has 1 aromatic carbocycles. The fraction of sp³-hybridized carbons (Fsp3) is 0.111. The zero-order chi connectivity index (χ0) is 9.97. The van der Waals surface area contributed by atoms with Crippen LogP contribution in [0.25, 0.3) is 0 Å². The quantitative estimate of drug-likeness (QED) is 0.673. The Kier molecular flexibility index (Phi) is 2.26. The van der Waals surface area contributed by atoms with Crippen molar-refractivity contribution < 1.29 is 5.21 Å². The maximum atomic E-state index is 9.29. The molecule has 2 rings (SSSR count). The summed E-state index contributed by atoms with van der Waals surface area (Å²) in [7, 11) is 0. The first-order chi connectivity index (χ1) is 6.79. The number of hydrogen-bond acceptors (Lipinski definition) is 5. The van der Waals surface area contributed by atoms with E-state index in [9.17, 15) is 5.21 Å². The van der Waals surface area contributed by atoms with E-state index in [0.29, 0.717) is 5.71 Å². The van der Waals surface area contributed by atoms with Crippen LogP contribution in [0.3, 0.4) is 0 Å². The molecule has 0 radical (unpaired) electrons. The van der Waals surface area contributed by atoms with Crippen molar-refractivity contribution in [2.75, 3.05) is 0 Å². The Hall–Kier alpha value is -1.72. The lowest BCUT2D eigenvalue weighted by Gasteiger charge is -2.23. The molecule has 0 spiro atoms. The maximum Gasteiger partial charge on any atom is 0.150 e. The monoisotopic (exact) mass is 190 g/mol. The zero-order valence-electron chi connectivity index (χ0n) is 7.41. The van der Waals surface area contributed by atoms with E-state index in [0.717, 1.165) is 10.6 Å². The van der Waals surface area contributed by atoms with Crippen molar-refractivity contribution in [1.82, 2.24) is 5.06 Å². The second kappa shape index (κ2) is 3.57. The van der Waals surface area contributed by atoms with Crippen LogP contribution < -0.4 is 5.73 Å². The highest BCUT2D eigenvalue weighted by Crippen LogP contribution is 2.08. The van der Waals surface area contributed by atoms with Gasteiger partial charge in [0.05, 0.1) is 0 Å². The average molecular weight is 190 g/mol. The Balaban J connectivity index is 2.35. The SMILES string of the molecule is NC1C(c2ccccc2)=NN=CN1O. The fourth-order valence-corrected chi connectivity index (χ4v) is 1.23. The minimum atomic E-state index is -0.658. The smallest absolute Gasteiger partial charge is 0.150 e. The fourth-order valence-electron chi connectivity index (χ4n) is 1.23. The Labute approximate surface area is 81.1 Å². The van der Waals surface area contributed by atoms with Crippen molar-refractivity contribution in [1.29, 1.82) is 0 Å². The lowest BCUT2D eigenvalue weighted by molar-refractivity contribution is -0.0262. The molecule has 0 saturated carbocycles. The van der Waals surface area contributed by atoms with Gasteiger partial charge in [-0.2, -0.15) is 0 Å². The molecule has 1 aliphatic rings. The standard InChI is InChI=1S/C9H10N4O/c10-9-8(12-11-6-13(9)14)7-4-2-1-3-5-7/h1-6,9,14H,10H2. The molecular formula is C9H10N4O. The Morgan fingerprint density at radius 2 is 2.00 bits per heavy atom. The number of hydroxylamine groups is 2. The largest absolute Gasteiger partial charge is 0.304 e. The van der Waals surface area contributed by atoms with Crippen LogP contribution in [-0.4, -0.2) is 28.5 Å². The number of nitrogens with two attached hydrogens (primary N) is 1. The molecule has 0 bridgehead atoms. The van der Waals surface area contributed by atoms with Gasteiger partial charge in [-0.05, 0) is 0 Å². The average Bonchev–Trinajstić information content (AvgIpc) is 2.23. The van der Waals surface area contributed by atoms with E-state index in [-0.39, 0.29) is 0 Å². The van der Waals surface area contributed by atoms with Gasteiger partial charge in [-0.3, -0.25) is 5.21 Å². The summed E-state index contributed by atoms with van der Waals surface area (Å²) in [5.41, 5.74) is 7.12. The summed E-state index contributed by atoms with van der Waals surface area (Å²) in [5.74, 6) is 0. The predicted octanol–water partition coefficient (Wildman–Crippen LogP) is 0.409. The summed E-state index contributed by atoms with van der Waals surface area (Å²) in [6.07, 6.45) is 0.520. The number of benzene rings is 1. The molecule has 0 amide bonds. The lowest BCUT2D eigenvalue weighted by atomic mass is 10.1. The minimum absolute atomic E-state index is 0.551. The molecule has 1 unspecified atom stereocenters. The first-order valence-electron chi connectivity index (χ1n) is 4.18. The van der Waals surface area contributed by atoms with E-state index in [1.54, 1.807) is 0 Å². The molecule has 14 heavy (non-hydrogen) atoms. The van der Waals surface area contributed by atoms with Gasteiger partial charge in [0.2, 0.25) is 0 Å². The molecule has 3 N–H and O–H groups in total. The van der Waals surface area contributed by atoms with Crippen LogP contribution in [0.5, 0.6) is 0 Å².